The molecule has 0 atom stereocenters. The van der Waals surface area contributed by atoms with Crippen LogP contribution in [0.2, 0.25) is 0 Å². The fourth-order valence-corrected chi connectivity index (χ4v) is 1.37. The Hall–Kier alpha value is -2.23. The molecule has 2 rings (SSSR count). The van der Waals surface area contributed by atoms with Gasteiger partial charge in [-0.25, -0.2) is 4.39 Å². The molecule has 1 aromatic carbocycles. The number of nitrogens with zero attached hydrogens (tertiary/aromatic N) is 1. The first kappa shape index (κ1) is 10.3. The van der Waals surface area contributed by atoms with Crippen LogP contribution in [0.3, 0.4) is 0 Å². The molecule has 0 amide bonds. The van der Waals surface area contributed by atoms with Crippen molar-refractivity contribution in [1.82, 2.24) is 4.98 Å². The van der Waals surface area contributed by atoms with E-state index in [0.29, 0.717) is 0 Å². The highest BCUT2D eigenvalue weighted by Crippen LogP contribution is 2.14. The number of ketones is 1. The number of hydrogen-bond acceptors (Lipinski definition) is 3. The maximum Gasteiger partial charge on any atom is 0.213 e. The van der Waals surface area contributed by atoms with Crippen LogP contribution in [0.4, 0.5) is 10.1 Å². The summed E-state index contributed by atoms with van der Waals surface area (Å²) < 4.78 is 12.9. The molecule has 0 aliphatic carbocycles. The summed E-state index contributed by atoms with van der Waals surface area (Å²) in [5, 5.41) is 0. The Kier molecular flexibility index (Phi) is 2.64. The number of anilines is 1. The summed E-state index contributed by atoms with van der Waals surface area (Å²) in [6.45, 7) is 0. The molecule has 0 saturated heterocycles. The molecule has 0 unspecified atom stereocenters. The molecule has 2 N–H and O–H groups in total. The lowest BCUT2D eigenvalue weighted by molar-refractivity contribution is 0.103. The lowest BCUT2D eigenvalue weighted by atomic mass is 10.1. The van der Waals surface area contributed by atoms with Crippen LogP contribution in [0.25, 0.3) is 0 Å². The molecular formula is C12H9FN2O. The molecule has 0 bridgehead atoms. The lowest BCUT2D eigenvalue weighted by Gasteiger charge is -2.03. The zero-order valence-corrected chi connectivity index (χ0v) is 8.35. The number of nitrogen functional groups attached to an aromatic ring is 1. The lowest BCUT2D eigenvalue weighted by Crippen LogP contribution is -2.07. The molecule has 80 valence electrons. The van der Waals surface area contributed by atoms with Gasteiger partial charge in [0.15, 0.2) is 0 Å². The summed E-state index contributed by atoms with van der Waals surface area (Å²) in [7, 11) is 0. The Morgan fingerprint density at radius 2 is 2.06 bits per heavy atom. The van der Waals surface area contributed by atoms with Gasteiger partial charge in [0, 0.05) is 11.8 Å². The monoisotopic (exact) mass is 216 g/mol. The van der Waals surface area contributed by atoms with E-state index in [1.165, 1.54) is 24.4 Å². The zero-order valence-electron chi connectivity index (χ0n) is 8.35. The summed E-state index contributed by atoms with van der Waals surface area (Å²) in [6.07, 6.45) is 1.48. The Labute approximate surface area is 91.7 Å². The number of rotatable bonds is 2. The number of hydrogen-bond donors (Lipinski definition) is 1. The second-order valence-corrected chi connectivity index (χ2v) is 3.28. The van der Waals surface area contributed by atoms with Gasteiger partial charge in [-0.2, -0.15) is 0 Å². The molecule has 0 spiro atoms. The molecule has 0 aliphatic heterocycles. The predicted molar refractivity (Wildman–Crippen MR) is 58.5 cm³/mol. The van der Waals surface area contributed by atoms with Gasteiger partial charge in [0.1, 0.15) is 11.5 Å². The fraction of sp³-hybridized carbons (Fsp3) is 0. The highest BCUT2D eigenvalue weighted by atomic mass is 19.1. The molecule has 0 fully saturated rings. The van der Waals surface area contributed by atoms with Crippen molar-refractivity contribution in [2.45, 2.75) is 0 Å². The number of carbonyl (C=O) groups excluding carboxylic acids is 1. The number of nitrogens with two attached hydrogens (primary N) is 1. The second-order valence-electron chi connectivity index (χ2n) is 3.28. The van der Waals surface area contributed by atoms with Gasteiger partial charge in [0.05, 0.1) is 5.69 Å². The van der Waals surface area contributed by atoms with Gasteiger partial charge >= 0.3 is 0 Å². The minimum absolute atomic E-state index is 0.146. The zero-order chi connectivity index (χ0) is 11.5. The normalized spacial score (nSPS) is 10.1. The first-order valence-electron chi connectivity index (χ1n) is 4.69. The van der Waals surface area contributed by atoms with Crippen LogP contribution in [-0.4, -0.2) is 10.8 Å². The third-order valence-electron chi connectivity index (χ3n) is 2.14. The van der Waals surface area contributed by atoms with Gasteiger partial charge in [0.2, 0.25) is 5.78 Å². The van der Waals surface area contributed by atoms with Gasteiger partial charge in [-0.3, -0.25) is 9.78 Å². The molecule has 0 saturated carbocycles. The number of halogens is 1. The predicted octanol–water partition coefficient (Wildman–Crippen LogP) is 2.03. The van der Waals surface area contributed by atoms with Crippen molar-refractivity contribution < 1.29 is 9.18 Å². The van der Waals surface area contributed by atoms with Crippen molar-refractivity contribution in [3.05, 3.63) is 59.7 Å². The Bertz CT molecular complexity index is 540. The van der Waals surface area contributed by atoms with E-state index in [1.807, 2.05) is 0 Å². The average molecular weight is 216 g/mol. The molecule has 0 radical (unpaired) electrons. The van der Waals surface area contributed by atoms with Crippen LogP contribution in [0.15, 0.2) is 42.6 Å². The van der Waals surface area contributed by atoms with Gasteiger partial charge in [-0.15, -0.1) is 0 Å². The van der Waals surface area contributed by atoms with E-state index in [4.69, 9.17) is 5.73 Å². The molecule has 4 heteroatoms. The van der Waals surface area contributed by atoms with E-state index < -0.39 is 5.82 Å². The van der Waals surface area contributed by atoms with Crippen molar-refractivity contribution >= 4 is 11.5 Å². The maximum atomic E-state index is 12.9. The molecular weight excluding hydrogens is 207 g/mol. The van der Waals surface area contributed by atoms with Crippen LogP contribution in [0.1, 0.15) is 16.1 Å². The largest absolute Gasteiger partial charge is 0.397 e. The Morgan fingerprint density at radius 1 is 1.25 bits per heavy atom. The van der Waals surface area contributed by atoms with Gasteiger partial charge in [-0.05, 0) is 24.3 Å². The highest BCUT2D eigenvalue weighted by molar-refractivity contribution is 6.10. The third kappa shape index (κ3) is 1.91. The van der Waals surface area contributed by atoms with Crippen molar-refractivity contribution in [1.29, 1.82) is 0 Å². The smallest absolute Gasteiger partial charge is 0.213 e. The van der Waals surface area contributed by atoms with Crippen LogP contribution in [0, 0.1) is 5.82 Å². The highest BCUT2D eigenvalue weighted by Gasteiger charge is 2.13. The molecule has 2 aromatic rings. The molecule has 0 aliphatic rings. The Balaban J connectivity index is 2.44. The average Bonchev–Trinajstić information content (AvgIpc) is 2.29. The summed E-state index contributed by atoms with van der Waals surface area (Å²) in [5.41, 5.74) is 6.30. The molecule has 1 aromatic heterocycles. The number of aromatic nitrogens is 1. The minimum Gasteiger partial charge on any atom is -0.397 e. The molecule has 16 heavy (non-hydrogen) atoms. The molecule has 1 heterocycles. The maximum absolute atomic E-state index is 12.9. The van der Waals surface area contributed by atoms with Gasteiger partial charge < -0.3 is 5.73 Å². The quantitative estimate of drug-likeness (QED) is 0.781. The number of pyridine rings is 1. The summed E-state index contributed by atoms with van der Waals surface area (Å²) in [6, 6.07) is 8.66. The second kappa shape index (κ2) is 4.10. The van der Waals surface area contributed by atoms with Crippen molar-refractivity contribution in [3.63, 3.8) is 0 Å². The fourth-order valence-electron chi connectivity index (χ4n) is 1.37. The number of benzene rings is 1. The first-order valence-corrected chi connectivity index (χ1v) is 4.69. The SMILES string of the molecule is Nc1cccnc1C(=O)c1cccc(F)c1. The first-order chi connectivity index (χ1) is 7.68. The van der Waals surface area contributed by atoms with Crippen molar-refractivity contribution in [2.75, 3.05) is 5.73 Å². The van der Waals surface area contributed by atoms with E-state index in [2.05, 4.69) is 4.98 Å². The van der Waals surface area contributed by atoms with E-state index in [-0.39, 0.29) is 22.7 Å². The van der Waals surface area contributed by atoms with E-state index in [9.17, 15) is 9.18 Å². The topological polar surface area (TPSA) is 56.0 Å². The molecule has 3 nitrogen and oxygen atoms in total. The Morgan fingerprint density at radius 3 is 2.75 bits per heavy atom. The van der Waals surface area contributed by atoms with Crippen LogP contribution in [-0.2, 0) is 0 Å². The van der Waals surface area contributed by atoms with Crippen LogP contribution in [0.5, 0.6) is 0 Å². The van der Waals surface area contributed by atoms with Crippen LogP contribution < -0.4 is 5.73 Å². The third-order valence-corrected chi connectivity index (χ3v) is 2.14. The van der Waals surface area contributed by atoms with E-state index in [1.54, 1.807) is 12.1 Å². The summed E-state index contributed by atoms with van der Waals surface area (Å²) >= 11 is 0. The van der Waals surface area contributed by atoms with Gasteiger partial charge in [-0.1, -0.05) is 12.1 Å². The van der Waals surface area contributed by atoms with Crippen LogP contribution >= 0.6 is 0 Å². The summed E-state index contributed by atoms with van der Waals surface area (Å²) in [5.74, 6) is -0.835. The standard InChI is InChI=1S/C12H9FN2O/c13-9-4-1-3-8(7-9)12(16)11-10(14)5-2-6-15-11/h1-7H,14H2. The summed E-state index contributed by atoms with van der Waals surface area (Å²) in [4.78, 5) is 15.8. The van der Waals surface area contributed by atoms with Crippen molar-refractivity contribution in [3.8, 4) is 0 Å². The van der Waals surface area contributed by atoms with Crippen molar-refractivity contribution in [2.24, 2.45) is 0 Å². The minimum atomic E-state index is -0.458. The van der Waals surface area contributed by atoms with E-state index >= 15 is 0 Å². The van der Waals surface area contributed by atoms with Gasteiger partial charge in [0.25, 0.3) is 0 Å². The van der Waals surface area contributed by atoms with E-state index in [0.717, 1.165) is 6.07 Å². The number of carbonyl (C=O) groups is 1.